The summed E-state index contributed by atoms with van der Waals surface area (Å²) in [7, 11) is 0. The summed E-state index contributed by atoms with van der Waals surface area (Å²) < 4.78 is 0. The molecule has 0 unspecified atom stereocenters. The Kier molecular flexibility index (Phi) is 4.98. The fourth-order valence-corrected chi connectivity index (χ4v) is 3.65. The third kappa shape index (κ3) is 4.85. The average Bonchev–Trinajstić information content (AvgIpc) is 2.33. The molecule has 1 amide bonds. The zero-order valence-corrected chi connectivity index (χ0v) is 14.5. The van der Waals surface area contributed by atoms with Gasteiger partial charge in [0.2, 0.25) is 5.91 Å². The maximum absolute atomic E-state index is 12.2. The number of hydrogen-bond donors (Lipinski definition) is 2. The Morgan fingerprint density at radius 3 is 2.41 bits per heavy atom. The fourth-order valence-electron chi connectivity index (χ4n) is 3.45. The molecule has 120 valence electrons. The van der Waals surface area contributed by atoms with Crippen molar-refractivity contribution in [3.8, 4) is 0 Å². The molecule has 1 fully saturated rings. The van der Waals surface area contributed by atoms with E-state index in [-0.39, 0.29) is 23.0 Å². The van der Waals surface area contributed by atoms with E-state index in [2.05, 4.69) is 38.3 Å². The zero-order chi connectivity index (χ0) is 16.4. The normalized spacial score (nSPS) is 21.0. The predicted molar refractivity (Wildman–Crippen MR) is 92.9 cm³/mol. The Morgan fingerprint density at radius 1 is 1.23 bits per heavy atom. The Morgan fingerprint density at radius 2 is 1.82 bits per heavy atom. The van der Waals surface area contributed by atoms with E-state index in [4.69, 9.17) is 11.6 Å². The van der Waals surface area contributed by atoms with Gasteiger partial charge >= 0.3 is 0 Å². The minimum atomic E-state index is -0.0709. The van der Waals surface area contributed by atoms with Crippen LogP contribution in [0.15, 0.2) is 30.3 Å². The third-order valence-electron chi connectivity index (χ3n) is 3.86. The lowest BCUT2D eigenvalue weighted by Crippen LogP contribution is -2.62. The van der Waals surface area contributed by atoms with Gasteiger partial charge in [0.05, 0.1) is 0 Å². The molecule has 0 radical (unpaired) electrons. The highest BCUT2D eigenvalue weighted by atomic mass is 35.5. The van der Waals surface area contributed by atoms with Crippen LogP contribution in [0.1, 0.15) is 46.1 Å². The molecular formula is C18H25ClN2O. The van der Waals surface area contributed by atoms with E-state index >= 15 is 0 Å². The van der Waals surface area contributed by atoms with Crippen molar-refractivity contribution in [1.82, 2.24) is 10.6 Å². The molecule has 0 aromatic heterocycles. The lowest BCUT2D eigenvalue weighted by molar-refractivity contribution is -0.117. The molecule has 1 aliphatic heterocycles. The number of benzene rings is 1. The first-order valence-corrected chi connectivity index (χ1v) is 8.07. The first-order valence-electron chi connectivity index (χ1n) is 7.69. The number of carbonyl (C=O) groups excluding carboxylic acids is 1. The Hall–Kier alpha value is -1.32. The van der Waals surface area contributed by atoms with Gasteiger partial charge in [-0.25, -0.2) is 0 Å². The molecular weight excluding hydrogens is 296 g/mol. The van der Waals surface area contributed by atoms with Gasteiger partial charge in [-0.15, -0.1) is 0 Å². The van der Waals surface area contributed by atoms with Crippen LogP contribution in [0.5, 0.6) is 0 Å². The van der Waals surface area contributed by atoms with E-state index < -0.39 is 0 Å². The van der Waals surface area contributed by atoms with Gasteiger partial charge in [-0.2, -0.15) is 0 Å². The van der Waals surface area contributed by atoms with E-state index in [1.807, 2.05) is 24.3 Å². The highest BCUT2D eigenvalue weighted by Crippen LogP contribution is 2.28. The second-order valence-corrected chi connectivity index (χ2v) is 7.77. The molecule has 1 heterocycles. The number of carbonyl (C=O) groups is 1. The van der Waals surface area contributed by atoms with E-state index in [9.17, 15) is 4.79 Å². The summed E-state index contributed by atoms with van der Waals surface area (Å²) in [6, 6.07) is 7.66. The van der Waals surface area contributed by atoms with Gasteiger partial charge in [0.15, 0.2) is 0 Å². The first kappa shape index (κ1) is 17.0. The van der Waals surface area contributed by atoms with Gasteiger partial charge in [0.25, 0.3) is 0 Å². The number of nitrogens with one attached hydrogen (secondary N) is 2. The topological polar surface area (TPSA) is 41.1 Å². The van der Waals surface area contributed by atoms with Crippen LogP contribution in [0, 0.1) is 0 Å². The molecule has 22 heavy (non-hydrogen) atoms. The van der Waals surface area contributed by atoms with Crippen LogP contribution in [0.3, 0.4) is 0 Å². The Balaban J connectivity index is 1.99. The number of piperidine rings is 1. The first-order chi connectivity index (χ1) is 10.2. The van der Waals surface area contributed by atoms with Gasteiger partial charge in [-0.05, 0) is 58.2 Å². The molecule has 1 aliphatic rings. The fraction of sp³-hybridized carbons (Fsp3) is 0.500. The van der Waals surface area contributed by atoms with Gasteiger partial charge in [0.1, 0.15) is 0 Å². The molecule has 0 saturated carbocycles. The van der Waals surface area contributed by atoms with Crippen LogP contribution in [0.25, 0.3) is 6.08 Å². The molecule has 1 aromatic rings. The lowest BCUT2D eigenvalue weighted by Gasteiger charge is -2.46. The van der Waals surface area contributed by atoms with Gasteiger partial charge in [0, 0.05) is 28.2 Å². The monoisotopic (exact) mass is 320 g/mol. The summed E-state index contributed by atoms with van der Waals surface area (Å²) in [4.78, 5) is 12.2. The van der Waals surface area contributed by atoms with Crippen molar-refractivity contribution in [3.63, 3.8) is 0 Å². The number of hydrogen-bond acceptors (Lipinski definition) is 2. The largest absolute Gasteiger partial charge is 0.350 e. The zero-order valence-electron chi connectivity index (χ0n) is 13.7. The van der Waals surface area contributed by atoms with Crippen LogP contribution in [-0.2, 0) is 4.79 Å². The second kappa shape index (κ2) is 6.43. The van der Waals surface area contributed by atoms with Crippen LogP contribution < -0.4 is 10.6 Å². The van der Waals surface area contributed by atoms with Crippen molar-refractivity contribution in [1.29, 1.82) is 0 Å². The highest BCUT2D eigenvalue weighted by molar-refractivity contribution is 6.32. The predicted octanol–water partition coefficient (Wildman–Crippen LogP) is 3.78. The Labute approximate surface area is 138 Å². The maximum Gasteiger partial charge on any atom is 0.244 e. The van der Waals surface area contributed by atoms with Crippen molar-refractivity contribution in [2.45, 2.75) is 57.7 Å². The van der Waals surface area contributed by atoms with Gasteiger partial charge in [-0.3, -0.25) is 4.79 Å². The molecule has 4 heteroatoms. The second-order valence-electron chi connectivity index (χ2n) is 7.36. The van der Waals surface area contributed by atoms with Gasteiger partial charge < -0.3 is 10.6 Å². The van der Waals surface area contributed by atoms with Crippen LogP contribution >= 0.6 is 11.6 Å². The van der Waals surface area contributed by atoms with Crippen LogP contribution in [-0.4, -0.2) is 23.0 Å². The minimum Gasteiger partial charge on any atom is -0.350 e. The quantitative estimate of drug-likeness (QED) is 0.832. The highest BCUT2D eigenvalue weighted by Gasteiger charge is 2.37. The lowest BCUT2D eigenvalue weighted by atomic mass is 9.79. The molecule has 0 bridgehead atoms. The number of halogens is 1. The average molecular weight is 321 g/mol. The van der Waals surface area contributed by atoms with E-state index in [0.29, 0.717) is 5.02 Å². The minimum absolute atomic E-state index is 0.0200. The van der Waals surface area contributed by atoms with Crippen molar-refractivity contribution >= 4 is 23.6 Å². The van der Waals surface area contributed by atoms with E-state index in [1.165, 1.54) is 0 Å². The summed E-state index contributed by atoms with van der Waals surface area (Å²) in [6.07, 6.45) is 5.16. The summed E-state index contributed by atoms with van der Waals surface area (Å²) in [5.74, 6) is -0.0709. The molecule has 0 spiro atoms. The number of rotatable bonds is 3. The van der Waals surface area contributed by atoms with Crippen molar-refractivity contribution in [2.24, 2.45) is 0 Å². The van der Waals surface area contributed by atoms with Crippen LogP contribution in [0.2, 0.25) is 5.02 Å². The molecule has 1 aromatic carbocycles. The summed E-state index contributed by atoms with van der Waals surface area (Å²) in [5.41, 5.74) is 0.892. The SMILES string of the molecule is CC1(C)CC(NC(=O)/C=C/c2ccccc2Cl)CC(C)(C)N1. The molecule has 1 saturated heterocycles. The van der Waals surface area contributed by atoms with Crippen molar-refractivity contribution in [2.75, 3.05) is 0 Å². The van der Waals surface area contributed by atoms with Crippen LogP contribution in [0.4, 0.5) is 0 Å². The Bertz CT molecular complexity index is 562. The third-order valence-corrected chi connectivity index (χ3v) is 4.20. The standard InChI is InChI=1S/C18H25ClN2O/c1-17(2)11-14(12-18(3,4)21-17)20-16(22)10-9-13-7-5-6-8-15(13)19/h5-10,14,21H,11-12H2,1-4H3,(H,20,22)/b10-9+. The summed E-state index contributed by atoms with van der Waals surface area (Å²) in [5, 5.41) is 7.37. The van der Waals surface area contributed by atoms with E-state index in [0.717, 1.165) is 18.4 Å². The van der Waals surface area contributed by atoms with Gasteiger partial charge in [-0.1, -0.05) is 29.8 Å². The van der Waals surface area contributed by atoms with Crippen molar-refractivity contribution < 1.29 is 4.79 Å². The smallest absolute Gasteiger partial charge is 0.244 e. The van der Waals surface area contributed by atoms with Crippen molar-refractivity contribution in [3.05, 3.63) is 40.9 Å². The molecule has 0 aliphatic carbocycles. The maximum atomic E-state index is 12.2. The summed E-state index contributed by atoms with van der Waals surface area (Å²) in [6.45, 7) is 8.69. The summed E-state index contributed by atoms with van der Waals surface area (Å²) >= 11 is 6.08. The molecule has 0 atom stereocenters. The molecule has 3 nitrogen and oxygen atoms in total. The molecule has 2 rings (SSSR count). The number of amides is 1. The van der Waals surface area contributed by atoms with E-state index in [1.54, 1.807) is 12.2 Å². The molecule has 2 N–H and O–H groups in total.